The minimum atomic E-state index is 0.630. The molecule has 0 aromatic rings. The summed E-state index contributed by atoms with van der Waals surface area (Å²) in [6.07, 6.45) is 3.91. The summed E-state index contributed by atoms with van der Waals surface area (Å²) >= 11 is 0. The molecule has 10 heavy (non-hydrogen) atoms. The van der Waals surface area contributed by atoms with E-state index in [1.165, 1.54) is 25.9 Å². The van der Waals surface area contributed by atoms with Crippen LogP contribution in [0.3, 0.4) is 0 Å². The van der Waals surface area contributed by atoms with Crippen molar-refractivity contribution in [3.05, 3.63) is 0 Å². The van der Waals surface area contributed by atoms with Crippen LogP contribution in [0.1, 0.15) is 12.8 Å². The van der Waals surface area contributed by atoms with Gasteiger partial charge in [0.1, 0.15) is 0 Å². The Morgan fingerprint density at radius 3 is 2.20 bits per heavy atom. The predicted octanol–water partition coefficient (Wildman–Crippen LogP) is 0.383. The minimum absolute atomic E-state index is 0.630. The molecule has 3 fully saturated rings. The Hall–Kier alpha value is -0.0800. The van der Waals surface area contributed by atoms with E-state index in [1.54, 1.807) is 0 Å². The Labute approximate surface area is 60.9 Å². The highest BCUT2D eigenvalue weighted by Crippen LogP contribution is 2.44. The number of fused-ring (bicyclic) bond motifs is 5. The summed E-state index contributed by atoms with van der Waals surface area (Å²) in [5.74, 6) is 1.75. The second kappa shape index (κ2) is 1.74. The molecule has 3 aliphatic rings. The molecule has 2 heteroatoms. The Morgan fingerprint density at radius 2 is 1.60 bits per heavy atom. The molecule has 3 heterocycles. The number of nitrogens with one attached hydrogen (secondary N) is 1. The van der Waals surface area contributed by atoms with Crippen molar-refractivity contribution >= 4 is 0 Å². The Kier molecular flexibility index (Phi) is 0.968. The summed E-state index contributed by atoms with van der Waals surface area (Å²) in [5, 5.41) is 3.45. The predicted molar refractivity (Wildman–Crippen MR) is 37.7 cm³/mol. The van der Waals surface area contributed by atoms with Gasteiger partial charge in [-0.1, -0.05) is 0 Å². The molecule has 0 amide bonds. The first-order chi connectivity index (χ1) is 4.95. The van der Waals surface area contributed by atoms with E-state index >= 15 is 0 Å². The maximum Gasteiger partial charge on any atom is 0.0624 e. The fraction of sp³-hybridized carbons (Fsp3) is 1.00. The molecule has 0 aromatic heterocycles. The third-order valence-corrected chi connectivity index (χ3v) is 3.35. The van der Waals surface area contributed by atoms with Gasteiger partial charge in [0.15, 0.2) is 0 Å². The van der Waals surface area contributed by atoms with Crippen molar-refractivity contribution in [1.82, 2.24) is 5.32 Å². The van der Waals surface area contributed by atoms with Crippen molar-refractivity contribution in [2.75, 3.05) is 13.1 Å². The molecule has 56 valence electrons. The van der Waals surface area contributed by atoms with E-state index < -0.39 is 0 Å². The first kappa shape index (κ1) is 5.56. The van der Waals surface area contributed by atoms with Crippen molar-refractivity contribution in [3.63, 3.8) is 0 Å². The fourth-order valence-electron chi connectivity index (χ4n) is 2.85. The van der Waals surface area contributed by atoms with Crippen LogP contribution in [0, 0.1) is 11.8 Å². The molecule has 0 unspecified atom stereocenters. The highest BCUT2D eigenvalue weighted by atomic mass is 16.5. The van der Waals surface area contributed by atoms with Crippen LogP contribution in [0.25, 0.3) is 0 Å². The van der Waals surface area contributed by atoms with Crippen molar-refractivity contribution in [3.8, 4) is 0 Å². The monoisotopic (exact) mass is 139 g/mol. The van der Waals surface area contributed by atoms with E-state index in [4.69, 9.17) is 4.74 Å². The van der Waals surface area contributed by atoms with Crippen molar-refractivity contribution < 1.29 is 4.74 Å². The summed E-state index contributed by atoms with van der Waals surface area (Å²) in [4.78, 5) is 0. The Morgan fingerprint density at radius 1 is 1.00 bits per heavy atom. The van der Waals surface area contributed by atoms with Crippen molar-refractivity contribution in [2.45, 2.75) is 25.0 Å². The van der Waals surface area contributed by atoms with Gasteiger partial charge in [0.05, 0.1) is 12.2 Å². The van der Waals surface area contributed by atoms with Gasteiger partial charge in [0.25, 0.3) is 0 Å². The zero-order chi connectivity index (χ0) is 6.55. The average molecular weight is 139 g/mol. The van der Waals surface area contributed by atoms with Gasteiger partial charge >= 0.3 is 0 Å². The van der Waals surface area contributed by atoms with Crippen LogP contribution >= 0.6 is 0 Å². The van der Waals surface area contributed by atoms with E-state index in [0.29, 0.717) is 12.2 Å². The van der Waals surface area contributed by atoms with E-state index in [1.807, 2.05) is 0 Å². The van der Waals surface area contributed by atoms with Gasteiger partial charge in [0.2, 0.25) is 0 Å². The lowest BCUT2D eigenvalue weighted by Crippen LogP contribution is -2.24. The smallest absolute Gasteiger partial charge is 0.0624 e. The number of rotatable bonds is 0. The van der Waals surface area contributed by atoms with Gasteiger partial charge < -0.3 is 10.1 Å². The normalized spacial score (nSPS) is 57.6. The van der Waals surface area contributed by atoms with Crippen LogP contribution < -0.4 is 5.32 Å². The molecule has 3 aliphatic heterocycles. The summed E-state index contributed by atoms with van der Waals surface area (Å²) in [5.41, 5.74) is 0. The first-order valence-corrected chi connectivity index (χ1v) is 4.31. The topological polar surface area (TPSA) is 21.3 Å². The van der Waals surface area contributed by atoms with Gasteiger partial charge in [-0.25, -0.2) is 0 Å². The second-order valence-corrected chi connectivity index (χ2v) is 3.78. The van der Waals surface area contributed by atoms with Gasteiger partial charge in [-0.15, -0.1) is 0 Å². The summed E-state index contributed by atoms with van der Waals surface area (Å²) < 4.78 is 5.80. The standard InChI is InChI=1S/C8H13NO/c1-2-8-6-4-9-3-5(6)7(1)10-8/h5-9H,1-4H2/t5-,6+,7-,8-/m1/s1. The lowest BCUT2D eigenvalue weighted by atomic mass is 9.82. The van der Waals surface area contributed by atoms with Crippen molar-refractivity contribution in [1.29, 1.82) is 0 Å². The SMILES string of the molecule is C1NC[C@H]2[C@@H]1[C@H]1CC[C@H]2O1. The lowest BCUT2D eigenvalue weighted by Gasteiger charge is -2.18. The maximum absolute atomic E-state index is 5.80. The molecule has 1 N–H and O–H groups in total. The van der Waals surface area contributed by atoms with Gasteiger partial charge in [-0.05, 0) is 12.8 Å². The quantitative estimate of drug-likeness (QED) is 0.524. The molecule has 2 bridgehead atoms. The molecular weight excluding hydrogens is 126 g/mol. The van der Waals surface area contributed by atoms with Crippen LogP contribution in [-0.2, 0) is 4.74 Å². The number of hydrogen-bond acceptors (Lipinski definition) is 2. The van der Waals surface area contributed by atoms with E-state index in [9.17, 15) is 0 Å². The van der Waals surface area contributed by atoms with Gasteiger partial charge in [-0.3, -0.25) is 0 Å². The summed E-state index contributed by atoms with van der Waals surface area (Å²) in [7, 11) is 0. The molecule has 0 saturated carbocycles. The molecule has 2 nitrogen and oxygen atoms in total. The minimum Gasteiger partial charge on any atom is -0.374 e. The third-order valence-electron chi connectivity index (χ3n) is 3.35. The zero-order valence-corrected chi connectivity index (χ0v) is 6.05. The molecule has 0 radical (unpaired) electrons. The van der Waals surface area contributed by atoms with Gasteiger partial charge in [-0.2, -0.15) is 0 Å². The molecule has 3 rings (SSSR count). The fourth-order valence-corrected chi connectivity index (χ4v) is 2.85. The highest BCUT2D eigenvalue weighted by Gasteiger charge is 2.50. The van der Waals surface area contributed by atoms with E-state index in [-0.39, 0.29) is 0 Å². The second-order valence-electron chi connectivity index (χ2n) is 3.78. The largest absolute Gasteiger partial charge is 0.374 e. The summed E-state index contributed by atoms with van der Waals surface area (Å²) in [6, 6.07) is 0. The average Bonchev–Trinajstić information content (AvgIpc) is 2.60. The maximum atomic E-state index is 5.80. The van der Waals surface area contributed by atoms with Crippen LogP contribution in [-0.4, -0.2) is 25.3 Å². The number of hydrogen-bond donors (Lipinski definition) is 1. The van der Waals surface area contributed by atoms with Crippen molar-refractivity contribution in [2.24, 2.45) is 11.8 Å². The molecule has 0 aromatic carbocycles. The lowest BCUT2D eigenvalue weighted by molar-refractivity contribution is 0.0832. The molecular formula is C8H13NO. The Balaban J connectivity index is 1.92. The molecule has 0 aliphatic carbocycles. The first-order valence-electron chi connectivity index (χ1n) is 4.31. The number of ether oxygens (including phenoxy) is 1. The Bertz CT molecular complexity index is 143. The van der Waals surface area contributed by atoms with E-state index in [0.717, 1.165) is 11.8 Å². The summed E-state index contributed by atoms with van der Waals surface area (Å²) in [6.45, 7) is 2.43. The third kappa shape index (κ3) is 0.523. The molecule has 4 atom stereocenters. The molecule has 0 spiro atoms. The van der Waals surface area contributed by atoms with Gasteiger partial charge in [0, 0.05) is 24.9 Å². The highest BCUT2D eigenvalue weighted by molar-refractivity contribution is 5.01. The van der Waals surface area contributed by atoms with Crippen LogP contribution in [0.2, 0.25) is 0 Å². The van der Waals surface area contributed by atoms with E-state index in [2.05, 4.69) is 5.32 Å². The van der Waals surface area contributed by atoms with Crippen LogP contribution in [0.15, 0.2) is 0 Å². The molecule has 3 saturated heterocycles. The van der Waals surface area contributed by atoms with Crippen LogP contribution in [0.5, 0.6) is 0 Å². The zero-order valence-electron chi connectivity index (χ0n) is 6.05. The van der Waals surface area contributed by atoms with Crippen LogP contribution in [0.4, 0.5) is 0 Å².